The highest BCUT2D eigenvalue weighted by Crippen LogP contribution is 2.24. The van der Waals surface area contributed by atoms with Crippen molar-refractivity contribution in [1.82, 2.24) is 4.98 Å². The number of urea groups is 1. The average molecular weight is 529 g/mol. The number of anilines is 3. The molecular formula is C30H29ClN4O3. The Morgan fingerprint density at radius 2 is 1.53 bits per heavy atom. The van der Waals surface area contributed by atoms with Gasteiger partial charge in [-0.05, 0) is 61.4 Å². The number of esters is 1. The molecule has 0 unspecified atom stereocenters. The van der Waals surface area contributed by atoms with Gasteiger partial charge in [-0.1, -0.05) is 66.2 Å². The predicted molar refractivity (Wildman–Crippen MR) is 152 cm³/mol. The number of carbonyl (C=O) groups is 2. The molecule has 194 valence electrons. The molecule has 0 aliphatic heterocycles. The highest BCUT2D eigenvalue weighted by atomic mass is 35.5. The maximum atomic E-state index is 12.6. The van der Waals surface area contributed by atoms with Crippen LogP contribution < -0.4 is 16.0 Å². The molecule has 0 saturated carbocycles. The summed E-state index contributed by atoms with van der Waals surface area (Å²) in [5.41, 5.74) is 3.28. The molecule has 0 fully saturated rings. The average Bonchev–Trinajstić information content (AvgIpc) is 2.93. The van der Waals surface area contributed by atoms with Crippen molar-refractivity contribution in [3.63, 3.8) is 0 Å². The zero-order chi connectivity index (χ0) is 27.0. The number of benzene rings is 3. The molecule has 1 aromatic heterocycles. The maximum Gasteiger partial charge on any atom is 0.323 e. The van der Waals surface area contributed by atoms with Crippen LogP contribution >= 0.6 is 11.6 Å². The lowest BCUT2D eigenvalue weighted by molar-refractivity contribution is -0.154. The Labute approximate surface area is 227 Å². The van der Waals surface area contributed by atoms with Crippen molar-refractivity contribution in [2.45, 2.75) is 20.5 Å². The van der Waals surface area contributed by atoms with E-state index in [0.29, 0.717) is 28.8 Å². The summed E-state index contributed by atoms with van der Waals surface area (Å²) in [6.07, 6.45) is 1.76. The van der Waals surface area contributed by atoms with Crippen LogP contribution in [0.15, 0.2) is 97.2 Å². The van der Waals surface area contributed by atoms with Gasteiger partial charge in [0.05, 0.1) is 16.1 Å². The number of aromatic nitrogens is 1. The molecule has 0 aliphatic carbocycles. The first-order chi connectivity index (χ1) is 18.3. The first-order valence-electron chi connectivity index (χ1n) is 12.1. The van der Waals surface area contributed by atoms with E-state index in [-0.39, 0.29) is 18.6 Å². The number of pyridine rings is 1. The lowest BCUT2D eigenvalue weighted by Crippen LogP contribution is -2.33. The van der Waals surface area contributed by atoms with Crippen molar-refractivity contribution in [1.29, 1.82) is 0 Å². The third-order valence-corrected chi connectivity index (χ3v) is 6.17. The first kappa shape index (κ1) is 26.7. The molecule has 4 aromatic rings. The topological polar surface area (TPSA) is 92.4 Å². The Hall–Kier alpha value is -4.36. The molecule has 0 bridgehead atoms. The number of hydrogen-bond acceptors (Lipinski definition) is 5. The zero-order valence-corrected chi connectivity index (χ0v) is 22.0. The Morgan fingerprint density at radius 3 is 2.21 bits per heavy atom. The van der Waals surface area contributed by atoms with Crippen molar-refractivity contribution in [3.05, 3.63) is 108 Å². The van der Waals surface area contributed by atoms with Crippen LogP contribution in [0.2, 0.25) is 5.02 Å². The molecule has 3 N–H and O–H groups in total. The number of amides is 2. The van der Waals surface area contributed by atoms with Gasteiger partial charge in [-0.15, -0.1) is 0 Å². The van der Waals surface area contributed by atoms with E-state index in [1.54, 1.807) is 30.5 Å². The largest absolute Gasteiger partial charge is 0.460 e. The SMILES string of the molecule is CC(C)(CNc1ccc(-c2ccc(NC(=O)Nc3ccccc3Cl)cc2)cn1)C(=O)OCc1ccccc1. The summed E-state index contributed by atoms with van der Waals surface area (Å²) < 4.78 is 5.49. The number of nitrogens with one attached hydrogen (secondary N) is 3. The molecular weight excluding hydrogens is 500 g/mol. The number of hydrogen-bond donors (Lipinski definition) is 3. The molecule has 0 saturated heterocycles. The van der Waals surface area contributed by atoms with E-state index < -0.39 is 5.41 Å². The van der Waals surface area contributed by atoms with Gasteiger partial charge in [0.1, 0.15) is 12.4 Å². The molecule has 2 amide bonds. The van der Waals surface area contributed by atoms with Crippen LogP contribution in [-0.4, -0.2) is 23.5 Å². The minimum atomic E-state index is -0.726. The maximum absolute atomic E-state index is 12.6. The smallest absolute Gasteiger partial charge is 0.323 e. The van der Waals surface area contributed by atoms with Crippen molar-refractivity contribution in [2.24, 2.45) is 5.41 Å². The summed E-state index contributed by atoms with van der Waals surface area (Å²) in [7, 11) is 0. The fourth-order valence-electron chi connectivity index (χ4n) is 3.56. The predicted octanol–water partition coefficient (Wildman–Crippen LogP) is 7.23. The highest BCUT2D eigenvalue weighted by Gasteiger charge is 2.29. The van der Waals surface area contributed by atoms with Crippen molar-refractivity contribution in [3.8, 4) is 11.1 Å². The van der Waals surface area contributed by atoms with E-state index in [1.165, 1.54) is 0 Å². The van der Waals surface area contributed by atoms with Crippen LogP contribution in [0, 0.1) is 5.41 Å². The molecule has 4 rings (SSSR count). The third kappa shape index (κ3) is 7.33. The zero-order valence-electron chi connectivity index (χ0n) is 21.2. The van der Waals surface area contributed by atoms with Gasteiger partial charge in [-0.25, -0.2) is 9.78 Å². The second-order valence-electron chi connectivity index (χ2n) is 9.37. The fraction of sp³-hybridized carbons (Fsp3) is 0.167. The van der Waals surface area contributed by atoms with Gasteiger partial charge in [-0.3, -0.25) is 4.79 Å². The molecule has 3 aromatic carbocycles. The molecule has 38 heavy (non-hydrogen) atoms. The van der Waals surface area contributed by atoms with Gasteiger partial charge in [0.15, 0.2) is 0 Å². The summed E-state index contributed by atoms with van der Waals surface area (Å²) >= 11 is 6.09. The highest BCUT2D eigenvalue weighted by molar-refractivity contribution is 6.33. The number of carbonyl (C=O) groups excluding carboxylic acids is 2. The van der Waals surface area contributed by atoms with Crippen LogP contribution in [-0.2, 0) is 16.1 Å². The van der Waals surface area contributed by atoms with Gasteiger partial charge in [-0.2, -0.15) is 0 Å². The Morgan fingerprint density at radius 1 is 0.842 bits per heavy atom. The van der Waals surface area contributed by atoms with E-state index in [0.717, 1.165) is 16.7 Å². The second kappa shape index (κ2) is 12.3. The summed E-state index contributed by atoms with van der Waals surface area (Å²) in [6.45, 7) is 4.30. The number of para-hydroxylation sites is 1. The minimum Gasteiger partial charge on any atom is -0.460 e. The number of halogens is 1. The summed E-state index contributed by atoms with van der Waals surface area (Å²) in [4.78, 5) is 29.3. The summed E-state index contributed by atoms with van der Waals surface area (Å²) in [5, 5.41) is 9.21. The normalized spacial score (nSPS) is 10.9. The quantitative estimate of drug-likeness (QED) is 0.199. The van der Waals surface area contributed by atoms with Crippen molar-refractivity contribution in [2.75, 3.05) is 22.5 Å². The summed E-state index contributed by atoms with van der Waals surface area (Å²) in [6, 6.07) is 27.5. The monoisotopic (exact) mass is 528 g/mol. The lowest BCUT2D eigenvalue weighted by atomic mass is 9.93. The van der Waals surface area contributed by atoms with Gasteiger partial charge in [0.2, 0.25) is 0 Å². The summed E-state index contributed by atoms with van der Waals surface area (Å²) in [5.74, 6) is 0.381. The van der Waals surface area contributed by atoms with E-state index >= 15 is 0 Å². The Balaban J connectivity index is 1.28. The molecule has 0 spiro atoms. The van der Waals surface area contributed by atoms with Gasteiger partial charge in [0, 0.05) is 24.0 Å². The molecule has 0 aliphatic rings. The lowest BCUT2D eigenvalue weighted by Gasteiger charge is -2.23. The molecule has 1 heterocycles. The molecule has 8 heteroatoms. The van der Waals surface area contributed by atoms with Crippen molar-refractivity contribution < 1.29 is 14.3 Å². The molecule has 7 nitrogen and oxygen atoms in total. The van der Waals surface area contributed by atoms with Gasteiger partial charge in [0.25, 0.3) is 0 Å². The van der Waals surface area contributed by atoms with Crippen LogP contribution in [0.1, 0.15) is 19.4 Å². The van der Waals surface area contributed by atoms with E-state index in [1.807, 2.05) is 80.6 Å². The molecule has 0 atom stereocenters. The number of nitrogens with zero attached hydrogens (tertiary/aromatic N) is 1. The van der Waals surface area contributed by atoms with E-state index in [2.05, 4.69) is 20.9 Å². The van der Waals surface area contributed by atoms with E-state index in [4.69, 9.17) is 16.3 Å². The Bertz CT molecular complexity index is 1380. The standard InChI is InChI=1S/C30H29ClN4O3/c1-30(2,28(36)38-19-21-8-4-3-5-9-21)20-33-27-17-14-23(18-32-27)22-12-15-24(16-13-22)34-29(37)35-26-11-7-6-10-25(26)31/h3-18H,19-20H2,1-2H3,(H,32,33)(H2,34,35,37). The Kier molecular flexibility index (Phi) is 8.61. The van der Waals surface area contributed by atoms with Gasteiger partial charge >= 0.3 is 12.0 Å². The van der Waals surface area contributed by atoms with Crippen LogP contribution in [0.25, 0.3) is 11.1 Å². The minimum absolute atomic E-state index is 0.246. The van der Waals surface area contributed by atoms with Crippen molar-refractivity contribution >= 4 is 40.8 Å². The van der Waals surface area contributed by atoms with Gasteiger partial charge < -0.3 is 20.7 Å². The fourth-order valence-corrected chi connectivity index (χ4v) is 3.75. The number of ether oxygens (including phenoxy) is 1. The molecule has 0 radical (unpaired) electrons. The second-order valence-corrected chi connectivity index (χ2v) is 9.77. The van der Waals surface area contributed by atoms with Crippen LogP contribution in [0.4, 0.5) is 22.0 Å². The van der Waals surface area contributed by atoms with Crippen LogP contribution in [0.3, 0.4) is 0 Å². The van der Waals surface area contributed by atoms with E-state index in [9.17, 15) is 9.59 Å². The third-order valence-electron chi connectivity index (χ3n) is 5.84. The van der Waals surface area contributed by atoms with Crippen LogP contribution in [0.5, 0.6) is 0 Å². The first-order valence-corrected chi connectivity index (χ1v) is 12.5. The number of rotatable bonds is 9.